The molecule has 0 spiro atoms. The Labute approximate surface area is 163 Å². The third-order valence-corrected chi connectivity index (χ3v) is 4.98. The third-order valence-electron chi connectivity index (χ3n) is 4.04. The number of nitrogens with one attached hydrogen (secondary N) is 1. The fourth-order valence-electron chi connectivity index (χ4n) is 2.50. The van der Waals surface area contributed by atoms with E-state index in [1.807, 2.05) is 17.5 Å². The molecule has 1 atom stereocenters. The number of benzene rings is 2. The van der Waals surface area contributed by atoms with Gasteiger partial charge in [-0.25, -0.2) is 4.98 Å². The number of hydrogen-bond donors (Lipinski definition) is 1. The second-order valence-electron chi connectivity index (χ2n) is 6.14. The topological polar surface area (TPSA) is 60.5 Å². The van der Waals surface area contributed by atoms with Gasteiger partial charge in [0.05, 0.1) is 19.3 Å². The molecule has 0 aliphatic heterocycles. The number of aryl methyl sites for hydroxylation is 1. The van der Waals surface area contributed by atoms with E-state index in [-0.39, 0.29) is 5.91 Å². The smallest absolute Gasteiger partial charge is 0.261 e. The van der Waals surface area contributed by atoms with Crippen molar-refractivity contribution < 1.29 is 14.3 Å². The summed E-state index contributed by atoms with van der Waals surface area (Å²) in [4.78, 5) is 16.9. The maximum absolute atomic E-state index is 12.3. The first-order valence-electron chi connectivity index (χ1n) is 8.65. The van der Waals surface area contributed by atoms with Gasteiger partial charge in [0, 0.05) is 10.9 Å². The van der Waals surface area contributed by atoms with E-state index in [1.165, 1.54) is 5.56 Å². The van der Waals surface area contributed by atoms with Gasteiger partial charge in [0.15, 0.2) is 17.6 Å². The van der Waals surface area contributed by atoms with Gasteiger partial charge in [-0.15, -0.1) is 11.3 Å². The number of carbonyl (C=O) groups is 1. The van der Waals surface area contributed by atoms with E-state index in [0.717, 1.165) is 16.3 Å². The number of methoxy groups -OCH3 is 1. The zero-order valence-electron chi connectivity index (χ0n) is 15.6. The van der Waals surface area contributed by atoms with Crippen LogP contribution in [0.15, 0.2) is 53.9 Å². The van der Waals surface area contributed by atoms with Crippen molar-refractivity contribution in [2.24, 2.45) is 0 Å². The number of amides is 1. The highest BCUT2D eigenvalue weighted by Gasteiger charge is 2.17. The van der Waals surface area contributed by atoms with Crippen LogP contribution in [0.5, 0.6) is 11.5 Å². The Kier molecular flexibility index (Phi) is 6.08. The molecule has 3 aromatic rings. The standard InChI is InChI=1S/C21H22N2O3S/c1-14-8-10-16(11-9-14)21-23-17(13-27-21)12-22-20(24)15(2)26-19-7-5-4-6-18(19)25-3/h4-11,13,15H,12H2,1-3H3,(H,22,24)/t15-/m0/s1. The molecule has 140 valence electrons. The van der Waals surface area contributed by atoms with Gasteiger partial charge >= 0.3 is 0 Å². The average molecular weight is 382 g/mol. The number of carbonyl (C=O) groups excluding carboxylic acids is 1. The van der Waals surface area contributed by atoms with Crippen molar-refractivity contribution in [2.45, 2.75) is 26.5 Å². The Morgan fingerprint density at radius 2 is 1.85 bits per heavy atom. The second-order valence-corrected chi connectivity index (χ2v) is 7.00. The van der Waals surface area contributed by atoms with Crippen molar-refractivity contribution in [3.8, 4) is 22.1 Å². The highest BCUT2D eigenvalue weighted by molar-refractivity contribution is 7.13. The molecule has 0 radical (unpaired) electrons. The van der Waals surface area contributed by atoms with Crippen molar-refractivity contribution in [1.29, 1.82) is 0 Å². The third kappa shape index (κ3) is 4.86. The normalized spacial score (nSPS) is 11.7. The molecule has 1 heterocycles. The maximum atomic E-state index is 12.3. The Bertz CT molecular complexity index is 906. The molecule has 0 unspecified atom stereocenters. The molecular formula is C21H22N2O3S. The van der Waals surface area contributed by atoms with Gasteiger partial charge in [-0.2, -0.15) is 0 Å². The van der Waals surface area contributed by atoms with Gasteiger partial charge in [-0.1, -0.05) is 42.0 Å². The van der Waals surface area contributed by atoms with E-state index < -0.39 is 6.10 Å². The number of hydrogen-bond acceptors (Lipinski definition) is 5. The van der Waals surface area contributed by atoms with Crippen LogP contribution < -0.4 is 14.8 Å². The highest BCUT2D eigenvalue weighted by atomic mass is 32.1. The molecule has 2 aromatic carbocycles. The summed E-state index contributed by atoms with van der Waals surface area (Å²) in [5, 5.41) is 5.77. The highest BCUT2D eigenvalue weighted by Crippen LogP contribution is 2.27. The fraction of sp³-hybridized carbons (Fsp3) is 0.238. The lowest BCUT2D eigenvalue weighted by molar-refractivity contribution is -0.127. The molecule has 1 amide bonds. The lowest BCUT2D eigenvalue weighted by Gasteiger charge is -2.16. The van der Waals surface area contributed by atoms with Crippen molar-refractivity contribution >= 4 is 17.2 Å². The SMILES string of the molecule is COc1ccccc1O[C@@H](C)C(=O)NCc1csc(-c2ccc(C)cc2)n1. The van der Waals surface area contributed by atoms with Crippen LogP contribution in [0.25, 0.3) is 10.6 Å². The molecule has 5 nitrogen and oxygen atoms in total. The Morgan fingerprint density at radius 1 is 1.15 bits per heavy atom. The van der Waals surface area contributed by atoms with Crippen molar-refractivity contribution in [3.05, 3.63) is 65.2 Å². The molecule has 27 heavy (non-hydrogen) atoms. The summed E-state index contributed by atoms with van der Waals surface area (Å²) in [6.07, 6.45) is -0.642. The van der Waals surface area contributed by atoms with E-state index in [1.54, 1.807) is 37.5 Å². The van der Waals surface area contributed by atoms with Crippen LogP contribution in [0.3, 0.4) is 0 Å². The van der Waals surface area contributed by atoms with Crippen molar-refractivity contribution in [1.82, 2.24) is 10.3 Å². The molecule has 0 saturated heterocycles. The Morgan fingerprint density at radius 3 is 2.56 bits per heavy atom. The minimum absolute atomic E-state index is 0.203. The van der Waals surface area contributed by atoms with Gasteiger partial charge in [-0.05, 0) is 26.0 Å². The van der Waals surface area contributed by atoms with Crippen molar-refractivity contribution in [3.63, 3.8) is 0 Å². The van der Waals surface area contributed by atoms with Crippen LogP contribution in [0.2, 0.25) is 0 Å². The quantitative estimate of drug-likeness (QED) is 0.665. The minimum atomic E-state index is -0.642. The summed E-state index contributed by atoms with van der Waals surface area (Å²) in [6, 6.07) is 15.5. The first kappa shape index (κ1) is 18.9. The fourth-order valence-corrected chi connectivity index (χ4v) is 3.32. The van der Waals surface area contributed by atoms with Gasteiger partial charge in [0.2, 0.25) is 0 Å². The van der Waals surface area contributed by atoms with E-state index in [0.29, 0.717) is 18.0 Å². The van der Waals surface area contributed by atoms with Gasteiger partial charge in [0.1, 0.15) is 5.01 Å². The van der Waals surface area contributed by atoms with Crippen LogP contribution in [-0.2, 0) is 11.3 Å². The maximum Gasteiger partial charge on any atom is 0.261 e. The number of para-hydroxylation sites is 2. The van der Waals surface area contributed by atoms with E-state index in [2.05, 4.69) is 41.5 Å². The average Bonchev–Trinajstić information content (AvgIpc) is 3.16. The molecule has 0 saturated carbocycles. The molecule has 0 aliphatic carbocycles. The predicted octanol–water partition coefficient (Wildman–Crippen LogP) is 4.21. The van der Waals surface area contributed by atoms with Crippen LogP contribution in [0.1, 0.15) is 18.2 Å². The van der Waals surface area contributed by atoms with E-state index in [4.69, 9.17) is 9.47 Å². The zero-order valence-corrected chi connectivity index (χ0v) is 16.4. The molecule has 3 rings (SSSR count). The number of nitrogens with zero attached hydrogens (tertiary/aromatic N) is 1. The van der Waals surface area contributed by atoms with Gasteiger partial charge in [-0.3, -0.25) is 4.79 Å². The van der Waals surface area contributed by atoms with Crippen molar-refractivity contribution in [2.75, 3.05) is 7.11 Å². The Hall–Kier alpha value is -2.86. The molecule has 6 heteroatoms. The van der Waals surface area contributed by atoms with Crippen LogP contribution in [0.4, 0.5) is 0 Å². The van der Waals surface area contributed by atoms with Gasteiger partial charge in [0.25, 0.3) is 5.91 Å². The molecule has 1 N–H and O–H groups in total. The number of thiazole rings is 1. The summed E-state index contributed by atoms with van der Waals surface area (Å²) < 4.78 is 11.0. The molecule has 0 aliphatic rings. The summed E-state index contributed by atoms with van der Waals surface area (Å²) in [5.41, 5.74) is 3.12. The number of ether oxygens (including phenoxy) is 2. The first-order chi connectivity index (χ1) is 13.1. The van der Waals surface area contributed by atoms with Gasteiger partial charge < -0.3 is 14.8 Å². The van der Waals surface area contributed by atoms with Crippen LogP contribution in [0, 0.1) is 6.92 Å². The minimum Gasteiger partial charge on any atom is -0.493 e. The number of rotatable bonds is 7. The summed E-state index contributed by atoms with van der Waals surface area (Å²) in [7, 11) is 1.57. The molecule has 1 aromatic heterocycles. The van der Waals surface area contributed by atoms with Crippen LogP contribution >= 0.6 is 11.3 Å². The predicted molar refractivity (Wildman–Crippen MR) is 107 cm³/mol. The lowest BCUT2D eigenvalue weighted by Crippen LogP contribution is -2.36. The molecular weight excluding hydrogens is 360 g/mol. The number of aromatic nitrogens is 1. The van der Waals surface area contributed by atoms with Crippen LogP contribution in [-0.4, -0.2) is 24.1 Å². The first-order valence-corrected chi connectivity index (χ1v) is 9.53. The second kappa shape index (κ2) is 8.68. The summed E-state index contributed by atoms with van der Waals surface area (Å²) >= 11 is 1.57. The Balaban J connectivity index is 1.56. The summed E-state index contributed by atoms with van der Waals surface area (Å²) in [6.45, 7) is 4.13. The summed E-state index contributed by atoms with van der Waals surface area (Å²) in [5.74, 6) is 0.933. The molecule has 0 fully saturated rings. The molecule has 0 bridgehead atoms. The zero-order chi connectivity index (χ0) is 19.2. The largest absolute Gasteiger partial charge is 0.493 e. The lowest BCUT2D eigenvalue weighted by atomic mass is 10.2. The monoisotopic (exact) mass is 382 g/mol. The van der Waals surface area contributed by atoms with E-state index >= 15 is 0 Å². The van der Waals surface area contributed by atoms with E-state index in [9.17, 15) is 4.79 Å².